The van der Waals surface area contributed by atoms with Crippen LogP contribution in [0, 0.1) is 0 Å². The zero-order valence-corrected chi connectivity index (χ0v) is 12.5. The lowest BCUT2D eigenvalue weighted by molar-refractivity contribution is -0.116. The summed E-state index contributed by atoms with van der Waals surface area (Å²) < 4.78 is 39.3. The maximum atomic E-state index is 13.1. The Labute approximate surface area is 136 Å². The molecule has 0 aliphatic heterocycles. The lowest BCUT2D eigenvalue weighted by Crippen LogP contribution is -2.28. The van der Waals surface area contributed by atoms with Gasteiger partial charge in [0, 0.05) is 31.6 Å². The van der Waals surface area contributed by atoms with Crippen molar-refractivity contribution in [1.82, 2.24) is 15.3 Å². The topological polar surface area (TPSA) is 66.9 Å². The van der Waals surface area contributed by atoms with E-state index in [1.165, 1.54) is 24.3 Å². The van der Waals surface area contributed by atoms with Crippen molar-refractivity contribution in [3.63, 3.8) is 0 Å². The molecule has 1 aromatic heterocycles. The van der Waals surface area contributed by atoms with Gasteiger partial charge in [0.1, 0.15) is 0 Å². The van der Waals surface area contributed by atoms with Crippen LogP contribution in [0.4, 0.5) is 19.1 Å². The van der Waals surface area contributed by atoms with E-state index >= 15 is 0 Å². The first-order chi connectivity index (χ1) is 11.5. The van der Waals surface area contributed by atoms with E-state index in [-0.39, 0.29) is 18.7 Å². The minimum atomic E-state index is -4.62. The molecule has 1 heterocycles. The van der Waals surface area contributed by atoms with Crippen LogP contribution in [0.1, 0.15) is 5.56 Å². The molecule has 8 heteroatoms. The Kier molecular flexibility index (Phi) is 5.89. The summed E-state index contributed by atoms with van der Waals surface area (Å²) in [6.07, 6.45) is -0.957. The highest BCUT2D eigenvalue weighted by atomic mass is 19.4. The summed E-state index contributed by atoms with van der Waals surface area (Å²) in [5, 5.41) is 5.23. The highest BCUT2D eigenvalue weighted by Crippen LogP contribution is 2.33. The van der Waals surface area contributed by atoms with Gasteiger partial charge in [0.15, 0.2) is 0 Å². The SMILES string of the molecule is O=C(/C=C(\c1ccccc1)C(F)(F)F)NCCNc1ncccn1. The minimum absolute atomic E-state index is 0.0593. The number of carbonyl (C=O) groups is 1. The van der Waals surface area contributed by atoms with Crippen molar-refractivity contribution in [2.24, 2.45) is 0 Å². The molecule has 126 valence electrons. The van der Waals surface area contributed by atoms with E-state index in [1.54, 1.807) is 24.5 Å². The summed E-state index contributed by atoms with van der Waals surface area (Å²) in [4.78, 5) is 19.6. The molecular formula is C16H15F3N4O. The molecule has 1 amide bonds. The van der Waals surface area contributed by atoms with Crippen molar-refractivity contribution in [3.05, 3.63) is 60.4 Å². The van der Waals surface area contributed by atoms with Crippen LogP contribution in [0.25, 0.3) is 5.57 Å². The highest BCUT2D eigenvalue weighted by molar-refractivity contribution is 5.96. The summed E-state index contributed by atoms with van der Waals surface area (Å²) in [6, 6.07) is 8.84. The van der Waals surface area contributed by atoms with Gasteiger partial charge < -0.3 is 10.6 Å². The van der Waals surface area contributed by atoms with E-state index < -0.39 is 17.7 Å². The van der Waals surface area contributed by atoms with Gasteiger partial charge in [-0.2, -0.15) is 13.2 Å². The first-order valence-corrected chi connectivity index (χ1v) is 7.10. The number of nitrogens with one attached hydrogen (secondary N) is 2. The predicted octanol–water partition coefficient (Wildman–Crippen LogP) is 2.65. The molecule has 0 saturated heterocycles. The molecule has 0 saturated carbocycles. The number of nitrogens with zero attached hydrogens (tertiary/aromatic N) is 2. The van der Waals surface area contributed by atoms with Crippen LogP contribution in [0.15, 0.2) is 54.9 Å². The fourth-order valence-electron chi connectivity index (χ4n) is 1.88. The Morgan fingerprint density at radius 2 is 1.71 bits per heavy atom. The van der Waals surface area contributed by atoms with E-state index in [0.717, 1.165) is 0 Å². The Morgan fingerprint density at radius 1 is 1.04 bits per heavy atom. The molecule has 1 aromatic carbocycles. The average molecular weight is 336 g/mol. The molecule has 0 fully saturated rings. The van der Waals surface area contributed by atoms with E-state index in [0.29, 0.717) is 12.0 Å². The molecule has 0 radical (unpaired) electrons. The van der Waals surface area contributed by atoms with Gasteiger partial charge >= 0.3 is 6.18 Å². The fraction of sp³-hybridized carbons (Fsp3) is 0.188. The second kappa shape index (κ2) is 8.09. The zero-order chi connectivity index (χ0) is 17.4. The standard InChI is InChI=1S/C16H15F3N4O/c17-16(18,19)13(12-5-2-1-3-6-12)11-14(24)20-9-10-23-15-21-7-4-8-22-15/h1-8,11H,9-10H2,(H,20,24)(H,21,22,23)/b13-11+. The quantitative estimate of drug-likeness (QED) is 0.629. The zero-order valence-electron chi connectivity index (χ0n) is 12.5. The molecule has 2 rings (SSSR count). The van der Waals surface area contributed by atoms with Crippen LogP contribution in [-0.2, 0) is 4.79 Å². The van der Waals surface area contributed by atoms with Crippen molar-refractivity contribution < 1.29 is 18.0 Å². The molecule has 2 aromatic rings. The van der Waals surface area contributed by atoms with Crippen LogP contribution in [0.5, 0.6) is 0 Å². The number of halogens is 3. The molecule has 0 aliphatic rings. The third-order valence-corrected chi connectivity index (χ3v) is 2.94. The maximum Gasteiger partial charge on any atom is 0.417 e. The van der Waals surface area contributed by atoms with Gasteiger partial charge in [-0.3, -0.25) is 4.79 Å². The van der Waals surface area contributed by atoms with E-state index in [9.17, 15) is 18.0 Å². The normalized spacial score (nSPS) is 11.9. The Hall–Kier alpha value is -2.90. The first kappa shape index (κ1) is 17.5. The first-order valence-electron chi connectivity index (χ1n) is 7.10. The molecule has 0 unspecified atom stereocenters. The van der Waals surface area contributed by atoms with E-state index in [4.69, 9.17) is 0 Å². The number of hydrogen-bond acceptors (Lipinski definition) is 4. The number of aromatic nitrogens is 2. The summed E-state index contributed by atoms with van der Waals surface area (Å²) in [5.41, 5.74) is -1.05. The Balaban J connectivity index is 1.93. The average Bonchev–Trinajstić information content (AvgIpc) is 2.57. The predicted molar refractivity (Wildman–Crippen MR) is 84.0 cm³/mol. The lowest BCUT2D eigenvalue weighted by atomic mass is 10.1. The smallest absolute Gasteiger partial charge is 0.352 e. The number of amides is 1. The largest absolute Gasteiger partial charge is 0.417 e. The van der Waals surface area contributed by atoms with Gasteiger partial charge in [0.2, 0.25) is 11.9 Å². The highest BCUT2D eigenvalue weighted by Gasteiger charge is 2.35. The van der Waals surface area contributed by atoms with Crippen LogP contribution in [0.2, 0.25) is 0 Å². The third kappa shape index (κ3) is 5.38. The van der Waals surface area contributed by atoms with Crippen molar-refractivity contribution >= 4 is 17.4 Å². The Bertz CT molecular complexity index is 687. The van der Waals surface area contributed by atoms with Crippen molar-refractivity contribution in [1.29, 1.82) is 0 Å². The molecule has 0 atom stereocenters. The number of carbonyl (C=O) groups excluding carboxylic acids is 1. The number of hydrogen-bond donors (Lipinski definition) is 2. The van der Waals surface area contributed by atoms with Crippen LogP contribution in [0.3, 0.4) is 0 Å². The third-order valence-electron chi connectivity index (χ3n) is 2.94. The van der Waals surface area contributed by atoms with Crippen LogP contribution in [-0.4, -0.2) is 35.1 Å². The van der Waals surface area contributed by atoms with Crippen LogP contribution < -0.4 is 10.6 Å². The van der Waals surface area contributed by atoms with Crippen molar-refractivity contribution in [2.45, 2.75) is 6.18 Å². The number of alkyl halides is 3. The van der Waals surface area contributed by atoms with Crippen LogP contribution >= 0.6 is 0 Å². The summed E-state index contributed by atoms with van der Waals surface area (Å²) in [7, 11) is 0. The van der Waals surface area contributed by atoms with Gasteiger partial charge in [-0.25, -0.2) is 9.97 Å². The Morgan fingerprint density at radius 3 is 2.33 bits per heavy atom. The molecule has 5 nitrogen and oxygen atoms in total. The van der Waals surface area contributed by atoms with Gasteiger partial charge in [-0.1, -0.05) is 30.3 Å². The molecule has 2 N–H and O–H groups in total. The van der Waals surface area contributed by atoms with E-state index in [1.807, 2.05) is 0 Å². The number of benzene rings is 1. The molecule has 0 aliphatic carbocycles. The fourth-order valence-corrected chi connectivity index (χ4v) is 1.88. The summed E-state index contributed by atoms with van der Waals surface area (Å²) >= 11 is 0. The molecule has 24 heavy (non-hydrogen) atoms. The second-order valence-electron chi connectivity index (χ2n) is 4.71. The van der Waals surface area contributed by atoms with Gasteiger partial charge in [-0.05, 0) is 11.6 Å². The number of rotatable bonds is 6. The molecular weight excluding hydrogens is 321 g/mol. The van der Waals surface area contributed by atoms with E-state index in [2.05, 4.69) is 20.6 Å². The minimum Gasteiger partial charge on any atom is -0.352 e. The van der Waals surface area contributed by atoms with Gasteiger partial charge in [-0.15, -0.1) is 0 Å². The number of anilines is 1. The molecule has 0 bridgehead atoms. The van der Waals surface area contributed by atoms with Crippen molar-refractivity contribution in [3.8, 4) is 0 Å². The van der Waals surface area contributed by atoms with Gasteiger partial charge in [0.25, 0.3) is 0 Å². The second-order valence-corrected chi connectivity index (χ2v) is 4.71. The maximum absolute atomic E-state index is 13.1. The monoisotopic (exact) mass is 336 g/mol. The lowest BCUT2D eigenvalue weighted by Gasteiger charge is -2.12. The summed E-state index contributed by atoms with van der Waals surface area (Å²) in [6.45, 7) is 0.420. The van der Waals surface area contributed by atoms with Gasteiger partial charge in [0.05, 0.1) is 5.57 Å². The van der Waals surface area contributed by atoms with Crippen molar-refractivity contribution in [2.75, 3.05) is 18.4 Å². The summed E-state index contributed by atoms with van der Waals surface area (Å²) in [5.74, 6) is -0.440. The molecule has 0 spiro atoms. The number of allylic oxidation sites excluding steroid dienone is 1.